The molecule has 0 aromatic carbocycles. The minimum Gasteiger partial charge on any atom is -0.370 e. The van der Waals surface area contributed by atoms with Gasteiger partial charge in [-0.2, -0.15) is 4.31 Å². The van der Waals surface area contributed by atoms with Gasteiger partial charge in [0.1, 0.15) is 0 Å². The number of nitrogens with one attached hydrogen (secondary N) is 1. The van der Waals surface area contributed by atoms with Crippen molar-refractivity contribution in [2.45, 2.75) is 56.2 Å². The molecule has 3 aliphatic rings. The maximum Gasteiger partial charge on any atom is 0.262 e. The van der Waals surface area contributed by atoms with Gasteiger partial charge in [-0.3, -0.25) is 0 Å². The van der Waals surface area contributed by atoms with E-state index in [9.17, 15) is 8.42 Å². The second-order valence-corrected chi connectivity index (χ2v) is 12.0. The van der Waals surface area contributed by atoms with Gasteiger partial charge in [0.15, 0.2) is 5.03 Å². The number of imidazole rings is 1. The minimum absolute atomic E-state index is 0.113. The molecule has 5 heterocycles. The Balaban J connectivity index is 1.21. The van der Waals surface area contributed by atoms with Crippen molar-refractivity contribution >= 4 is 21.4 Å². The van der Waals surface area contributed by atoms with Crippen LogP contribution in [-0.4, -0.2) is 66.4 Å². The highest BCUT2D eigenvalue weighted by Gasteiger charge is 2.46. The molecule has 3 aliphatic heterocycles. The van der Waals surface area contributed by atoms with E-state index in [0.717, 1.165) is 45.4 Å². The summed E-state index contributed by atoms with van der Waals surface area (Å²) >= 11 is 1.97. The highest BCUT2D eigenvalue weighted by molar-refractivity contribution is 7.89. The van der Waals surface area contributed by atoms with Gasteiger partial charge in [0, 0.05) is 54.6 Å². The molecule has 2 saturated heterocycles. The van der Waals surface area contributed by atoms with Gasteiger partial charge in [0.25, 0.3) is 10.0 Å². The molecule has 5 rings (SSSR count). The standard InChI is InChI=1S/C21H30N4O3S2/c1-3-17-8-18-19(29-17)4-7-28-21(18)5-6-24(15(2)9-21)11-16-12-25(13-16)30(26,27)20-10-22-14-23-20/h8,10,14-16H,3-7,9,11-13H2,1-2H3,(H,22,23)/t15-,21+/m0/s1. The summed E-state index contributed by atoms with van der Waals surface area (Å²) in [5.41, 5.74) is 1.32. The second-order valence-electron chi connectivity index (χ2n) is 8.89. The number of H-pyrrole nitrogens is 1. The Kier molecular flexibility index (Phi) is 5.30. The number of fused-ring (bicyclic) bond motifs is 2. The Bertz CT molecular complexity index is 998. The largest absolute Gasteiger partial charge is 0.370 e. The molecule has 0 radical (unpaired) electrons. The fraction of sp³-hybridized carbons (Fsp3) is 0.667. The molecule has 2 fully saturated rings. The monoisotopic (exact) mass is 450 g/mol. The number of sulfonamides is 1. The summed E-state index contributed by atoms with van der Waals surface area (Å²) in [4.78, 5) is 12.2. The Morgan fingerprint density at radius 2 is 2.23 bits per heavy atom. The molecule has 1 spiro atoms. The average Bonchev–Trinajstić information content (AvgIpc) is 3.36. The number of thiophene rings is 1. The lowest BCUT2D eigenvalue weighted by molar-refractivity contribution is -0.114. The number of ether oxygens (including phenoxy) is 1. The van der Waals surface area contributed by atoms with E-state index < -0.39 is 10.0 Å². The first-order chi connectivity index (χ1) is 14.4. The van der Waals surface area contributed by atoms with E-state index in [2.05, 4.69) is 34.8 Å². The van der Waals surface area contributed by atoms with Gasteiger partial charge in [-0.1, -0.05) is 6.92 Å². The van der Waals surface area contributed by atoms with Crippen LogP contribution in [0.2, 0.25) is 0 Å². The number of rotatable bonds is 5. The van der Waals surface area contributed by atoms with Crippen LogP contribution in [0.5, 0.6) is 0 Å². The van der Waals surface area contributed by atoms with E-state index in [-0.39, 0.29) is 10.6 Å². The highest BCUT2D eigenvalue weighted by Crippen LogP contribution is 2.46. The third-order valence-electron chi connectivity index (χ3n) is 6.95. The summed E-state index contributed by atoms with van der Waals surface area (Å²) in [6.07, 6.45) is 7.03. The van der Waals surface area contributed by atoms with E-state index in [1.165, 1.54) is 32.1 Å². The molecule has 7 nitrogen and oxygen atoms in total. The molecule has 0 saturated carbocycles. The number of hydrogen-bond acceptors (Lipinski definition) is 6. The van der Waals surface area contributed by atoms with Gasteiger partial charge >= 0.3 is 0 Å². The molecular formula is C21H30N4O3S2. The summed E-state index contributed by atoms with van der Waals surface area (Å²) in [7, 11) is -3.45. The van der Waals surface area contributed by atoms with Crippen molar-refractivity contribution < 1.29 is 13.2 Å². The van der Waals surface area contributed by atoms with E-state index in [0.29, 0.717) is 25.0 Å². The van der Waals surface area contributed by atoms with Crippen LogP contribution < -0.4 is 0 Å². The normalized spacial score (nSPS) is 28.5. The topological polar surface area (TPSA) is 78.5 Å². The van der Waals surface area contributed by atoms with Crippen LogP contribution in [0.1, 0.15) is 42.0 Å². The molecule has 164 valence electrons. The summed E-state index contributed by atoms with van der Waals surface area (Å²) in [6.45, 7) is 8.45. The number of aromatic amines is 1. The van der Waals surface area contributed by atoms with Crippen LogP contribution in [0.15, 0.2) is 23.6 Å². The fourth-order valence-corrected chi connectivity index (χ4v) is 7.89. The SMILES string of the molecule is CCc1cc2c(s1)CCO[C@@]21CCN(CC2CN(S(=O)(=O)c3c[nH]cn3)C2)[C@@H](C)C1. The summed E-state index contributed by atoms with van der Waals surface area (Å²) in [5.74, 6) is 0.380. The van der Waals surface area contributed by atoms with Gasteiger partial charge < -0.3 is 14.6 Å². The zero-order chi connectivity index (χ0) is 20.9. The van der Waals surface area contributed by atoms with Crippen molar-refractivity contribution in [3.8, 4) is 0 Å². The number of aryl methyl sites for hydroxylation is 1. The maximum atomic E-state index is 12.5. The van der Waals surface area contributed by atoms with Crippen LogP contribution in [0.4, 0.5) is 0 Å². The summed E-state index contributed by atoms with van der Waals surface area (Å²) in [5, 5.41) is 0.113. The third kappa shape index (κ3) is 3.44. The van der Waals surface area contributed by atoms with E-state index in [1.54, 1.807) is 0 Å². The third-order valence-corrected chi connectivity index (χ3v) is 10.0. The van der Waals surface area contributed by atoms with Gasteiger partial charge in [-0.25, -0.2) is 13.4 Å². The molecule has 2 aromatic rings. The van der Waals surface area contributed by atoms with Crippen molar-refractivity contribution in [1.82, 2.24) is 19.2 Å². The lowest BCUT2D eigenvalue weighted by Gasteiger charge is -2.49. The van der Waals surface area contributed by atoms with Crippen LogP contribution in [0.3, 0.4) is 0 Å². The average molecular weight is 451 g/mol. The van der Waals surface area contributed by atoms with Gasteiger partial charge in [0.05, 0.1) is 18.5 Å². The molecule has 9 heteroatoms. The first-order valence-corrected chi connectivity index (χ1v) is 13.2. The second kappa shape index (κ2) is 7.70. The molecule has 2 aromatic heterocycles. The maximum absolute atomic E-state index is 12.5. The van der Waals surface area contributed by atoms with E-state index in [4.69, 9.17) is 4.74 Å². The number of aromatic nitrogens is 2. The number of likely N-dealkylation sites (tertiary alicyclic amines) is 1. The first-order valence-electron chi connectivity index (χ1n) is 10.9. The molecule has 0 aliphatic carbocycles. The van der Waals surface area contributed by atoms with Crippen molar-refractivity contribution in [2.24, 2.45) is 5.92 Å². The lowest BCUT2D eigenvalue weighted by Crippen LogP contribution is -2.57. The smallest absolute Gasteiger partial charge is 0.262 e. The van der Waals surface area contributed by atoms with Gasteiger partial charge in [0.2, 0.25) is 0 Å². The van der Waals surface area contributed by atoms with Crippen LogP contribution in [-0.2, 0) is 33.2 Å². The summed E-state index contributed by atoms with van der Waals surface area (Å²) < 4.78 is 33.1. The molecular weight excluding hydrogens is 420 g/mol. The number of nitrogens with zero attached hydrogens (tertiary/aromatic N) is 3. The Labute approximate surface area is 182 Å². The van der Waals surface area contributed by atoms with Crippen molar-refractivity contribution in [1.29, 1.82) is 0 Å². The van der Waals surface area contributed by atoms with E-state index in [1.807, 2.05) is 11.3 Å². The Morgan fingerprint density at radius 1 is 1.40 bits per heavy atom. The first kappa shape index (κ1) is 20.6. The predicted octanol–water partition coefficient (Wildman–Crippen LogP) is 2.61. The molecule has 0 unspecified atom stereocenters. The highest BCUT2D eigenvalue weighted by atomic mass is 32.2. The van der Waals surface area contributed by atoms with Crippen molar-refractivity contribution in [3.05, 3.63) is 33.9 Å². The molecule has 0 bridgehead atoms. The Morgan fingerprint density at radius 3 is 2.93 bits per heavy atom. The van der Waals surface area contributed by atoms with Crippen molar-refractivity contribution in [2.75, 3.05) is 32.8 Å². The number of hydrogen-bond donors (Lipinski definition) is 1. The minimum atomic E-state index is -3.45. The van der Waals surface area contributed by atoms with Gasteiger partial charge in [-0.05, 0) is 43.7 Å². The zero-order valence-electron chi connectivity index (χ0n) is 17.6. The lowest BCUT2D eigenvalue weighted by atomic mass is 9.79. The Hall–Kier alpha value is -1.26. The van der Waals surface area contributed by atoms with Crippen LogP contribution in [0.25, 0.3) is 0 Å². The van der Waals surface area contributed by atoms with Gasteiger partial charge in [-0.15, -0.1) is 11.3 Å². The number of piperidine rings is 1. The zero-order valence-corrected chi connectivity index (χ0v) is 19.3. The van der Waals surface area contributed by atoms with Crippen molar-refractivity contribution in [3.63, 3.8) is 0 Å². The molecule has 30 heavy (non-hydrogen) atoms. The molecule has 1 N–H and O–H groups in total. The summed E-state index contributed by atoms with van der Waals surface area (Å²) in [6, 6.07) is 2.82. The molecule has 2 atom stereocenters. The quantitative estimate of drug-likeness (QED) is 0.758. The van der Waals surface area contributed by atoms with Crippen LogP contribution in [0, 0.1) is 5.92 Å². The fourth-order valence-electron chi connectivity index (χ4n) is 5.23. The molecule has 0 amide bonds. The van der Waals surface area contributed by atoms with E-state index >= 15 is 0 Å². The van der Waals surface area contributed by atoms with Crippen LogP contribution >= 0.6 is 11.3 Å². The predicted molar refractivity (Wildman–Crippen MR) is 116 cm³/mol.